The van der Waals surface area contributed by atoms with E-state index in [1.807, 2.05) is 24.3 Å². The second-order valence-electron chi connectivity index (χ2n) is 5.47. The van der Waals surface area contributed by atoms with Crippen LogP contribution < -0.4 is 5.32 Å². The summed E-state index contributed by atoms with van der Waals surface area (Å²) in [4.78, 5) is 12.4. The number of nitrogens with zero attached hydrogens (tertiary/aromatic N) is 1. The van der Waals surface area contributed by atoms with Crippen molar-refractivity contribution in [3.8, 4) is 6.07 Å². The molecule has 0 bridgehead atoms. The van der Waals surface area contributed by atoms with Gasteiger partial charge in [-0.15, -0.1) is 0 Å². The molecule has 0 saturated heterocycles. The first kappa shape index (κ1) is 14.6. The molecule has 0 radical (unpaired) electrons. The lowest BCUT2D eigenvalue weighted by Gasteiger charge is -2.37. The summed E-state index contributed by atoms with van der Waals surface area (Å²) in [5, 5.41) is 12.8. The molecular weight excluding hydrogens is 296 g/mol. The van der Waals surface area contributed by atoms with Crippen LogP contribution in [0.3, 0.4) is 0 Å². The van der Waals surface area contributed by atoms with Gasteiger partial charge in [-0.25, -0.2) is 0 Å². The van der Waals surface area contributed by atoms with Gasteiger partial charge in [0.15, 0.2) is 0 Å². The summed E-state index contributed by atoms with van der Waals surface area (Å²) < 4.78 is 0. The third kappa shape index (κ3) is 2.84. The molecule has 1 aliphatic carbocycles. The Morgan fingerprint density at radius 1 is 1.14 bits per heavy atom. The largest absolute Gasteiger partial charge is 0.349 e. The minimum absolute atomic E-state index is 0.112. The van der Waals surface area contributed by atoms with E-state index in [1.54, 1.807) is 24.3 Å². The number of hydrogen-bond acceptors (Lipinski definition) is 2. The molecule has 3 rings (SSSR count). The highest BCUT2D eigenvalue weighted by Crippen LogP contribution is 2.37. The Labute approximate surface area is 134 Å². The molecule has 0 aliphatic heterocycles. The van der Waals surface area contributed by atoms with E-state index in [4.69, 9.17) is 16.9 Å². The molecule has 2 aromatic rings. The van der Waals surface area contributed by atoms with E-state index in [1.165, 1.54) is 5.56 Å². The van der Waals surface area contributed by atoms with Crippen LogP contribution >= 0.6 is 11.6 Å². The van der Waals surface area contributed by atoms with Crippen molar-refractivity contribution in [2.24, 2.45) is 0 Å². The van der Waals surface area contributed by atoms with Crippen LogP contribution in [0.4, 0.5) is 0 Å². The molecule has 0 heterocycles. The van der Waals surface area contributed by atoms with Crippen molar-refractivity contribution in [2.45, 2.75) is 24.8 Å². The number of nitrogens with one attached hydrogen (secondary N) is 1. The Bertz CT molecular complexity index is 733. The van der Waals surface area contributed by atoms with Gasteiger partial charge >= 0.3 is 0 Å². The van der Waals surface area contributed by atoms with Crippen LogP contribution in [0, 0.1) is 11.3 Å². The quantitative estimate of drug-likeness (QED) is 0.935. The summed E-state index contributed by atoms with van der Waals surface area (Å²) in [6, 6.07) is 16.8. The minimum Gasteiger partial charge on any atom is -0.349 e. The number of carbonyl (C=O) groups is 1. The molecule has 2 atom stereocenters. The summed E-state index contributed by atoms with van der Waals surface area (Å²) in [7, 11) is 0. The van der Waals surface area contributed by atoms with Crippen molar-refractivity contribution in [1.82, 2.24) is 5.32 Å². The number of carbonyl (C=O) groups excluding carboxylic acids is 1. The normalized spacial score (nSPS) is 19.8. The average molecular weight is 311 g/mol. The molecule has 1 amide bonds. The van der Waals surface area contributed by atoms with Crippen molar-refractivity contribution >= 4 is 17.5 Å². The van der Waals surface area contributed by atoms with Gasteiger partial charge in [0.25, 0.3) is 5.91 Å². The van der Waals surface area contributed by atoms with Gasteiger partial charge in [0, 0.05) is 17.0 Å². The number of halogens is 1. The molecule has 2 aromatic carbocycles. The van der Waals surface area contributed by atoms with Crippen LogP contribution in [-0.2, 0) is 0 Å². The van der Waals surface area contributed by atoms with Crippen molar-refractivity contribution in [2.75, 3.05) is 0 Å². The average Bonchev–Trinajstić information content (AvgIpc) is 2.53. The monoisotopic (exact) mass is 310 g/mol. The van der Waals surface area contributed by atoms with Crippen LogP contribution in [0.1, 0.15) is 40.2 Å². The summed E-state index contributed by atoms with van der Waals surface area (Å²) >= 11 is 5.91. The van der Waals surface area contributed by atoms with E-state index < -0.39 is 0 Å². The highest BCUT2D eigenvalue weighted by atomic mass is 35.5. The zero-order valence-electron chi connectivity index (χ0n) is 11.9. The number of rotatable bonds is 3. The van der Waals surface area contributed by atoms with E-state index in [0.29, 0.717) is 22.1 Å². The van der Waals surface area contributed by atoms with Crippen LogP contribution in [0.25, 0.3) is 0 Å². The van der Waals surface area contributed by atoms with Gasteiger partial charge < -0.3 is 5.32 Å². The Morgan fingerprint density at radius 2 is 1.86 bits per heavy atom. The van der Waals surface area contributed by atoms with Crippen molar-refractivity contribution in [3.63, 3.8) is 0 Å². The van der Waals surface area contributed by atoms with Crippen molar-refractivity contribution < 1.29 is 4.79 Å². The summed E-state index contributed by atoms with van der Waals surface area (Å²) in [5.41, 5.74) is 2.03. The topological polar surface area (TPSA) is 52.9 Å². The summed E-state index contributed by atoms with van der Waals surface area (Å²) in [5.74, 6) is 0.135. The van der Waals surface area contributed by atoms with Crippen LogP contribution in [-0.4, -0.2) is 11.9 Å². The van der Waals surface area contributed by atoms with Gasteiger partial charge in [-0.1, -0.05) is 35.9 Å². The van der Waals surface area contributed by atoms with E-state index in [0.717, 1.165) is 12.8 Å². The van der Waals surface area contributed by atoms with Gasteiger partial charge in [-0.05, 0) is 42.7 Å². The van der Waals surface area contributed by atoms with Gasteiger partial charge in [-0.2, -0.15) is 5.26 Å². The van der Waals surface area contributed by atoms with Gasteiger partial charge in [0.2, 0.25) is 0 Å². The number of amides is 1. The highest BCUT2D eigenvalue weighted by Gasteiger charge is 2.33. The second-order valence-corrected chi connectivity index (χ2v) is 5.91. The standard InChI is InChI=1S/C18H15ClN2O/c19-14-7-5-12(6-8-14)15-9-10-17(15)21-18(22)16-4-2-1-3-13(16)11-20/h1-8,15,17H,9-10H2,(H,21,22)/t15-,17-/m0/s1. The highest BCUT2D eigenvalue weighted by molar-refractivity contribution is 6.30. The van der Waals surface area contributed by atoms with Crippen LogP contribution in [0.2, 0.25) is 5.02 Å². The van der Waals surface area contributed by atoms with E-state index in [-0.39, 0.29) is 11.9 Å². The lowest BCUT2D eigenvalue weighted by Crippen LogP contribution is -2.45. The Morgan fingerprint density at radius 3 is 2.50 bits per heavy atom. The molecule has 0 spiro atoms. The SMILES string of the molecule is N#Cc1ccccc1C(=O)N[C@H]1CC[C@H]1c1ccc(Cl)cc1. The Kier molecular flexibility index (Phi) is 4.13. The number of hydrogen-bond donors (Lipinski definition) is 1. The van der Waals surface area contributed by atoms with E-state index >= 15 is 0 Å². The van der Waals surface area contributed by atoms with Gasteiger partial charge in [0.1, 0.15) is 0 Å². The van der Waals surface area contributed by atoms with E-state index in [9.17, 15) is 4.79 Å². The fourth-order valence-corrected chi connectivity index (χ4v) is 2.93. The Hall–Kier alpha value is -2.31. The third-order valence-corrected chi connectivity index (χ3v) is 4.43. The zero-order chi connectivity index (χ0) is 15.5. The molecule has 0 unspecified atom stereocenters. The number of nitriles is 1. The first-order chi connectivity index (χ1) is 10.7. The lowest BCUT2D eigenvalue weighted by atomic mass is 9.75. The zero-order valence-corrected chi connectivity index (χ0v) is 12.7. The molecule has 1 aliphatic rings. The summed E-state index contributed by atoms with van der Waals surface area (Å²) in [6.07, 6.45) is 2.00. The molecule has 1 fully saturated rings. The maximum Gasteiger partial charge on any atom is 0.252 e. The van der Waals surface area contributed by atoms with Gasteiger partial charge in [-0.3, -0.25) is 4.79 Å². The fraction of sp³-hybridized carbons (Fsp3) is 0.222. The number of benzene rings is 2. The predicted molar refractivity (Wildman–Crippen MR) is 85.8 cm³/mol. The molecule has 1 saturated carbocycles. The molecule has 1 N–H and O–H groups in total. The fourth-order valence-electron chi connectivity index (χ4n) is 2.81. The predicted octanol–water partition coefficient (Wildman–Crippen LogP) is 3.89. The first-order valence-corrected chi connectivity index (χ1v) is 7.62. The van der Waals surface area contributed by atoms with Crippen molar-refractivity contribution in [3.05, 3.63) is 70.2 Å². The van der Waals surface area contributed by atoms with E-state index in [2.05, 4.69) is 11.4 Å². The first-order valence-electron chi connectivity index (χ1n) is 7.24. The molecule has 4 heteroatoms. The summed E-state index contributed by atoms with van der Waals surface area (Å²) in [6.45, 7) is 0. The van der Waals surface area contributed by atoms with Crippen LogP contribution in [0.15, 0.2) is 48.5 Å². The van der Waals surface area contributed by atoms with Crippen LogP contribution in [0.5, 0.6) is 0 Å². The van der Waals surface area contributed by atoms with Crippen molar-refractivity contribution in [1.29, 1.82) is 5.26 Å². The molecular formula is C18H15ClN2O. The van der Waals surface area contributed by atoms with Gasteiger partial charge in [0.05, 0.1) is 17.2 Å². The maximum atomic E-state index is 12.4. The molecule has 3 nitrogen and oxygen atoms in total. The molecule has 22 heavy (non-hydrogen) atoms. The smallest absolute Gasteiger partial charge is 0.252 e. The Balaban J connectivity index is 1.72. The third-order valence-electron chi connectivity index (χ3n) is 4.18. The minimum atomic E-state index is -0.180. The molecule has 0 aromatic heterocycles. The second kappa shape index (κ2) is 6.21. The lowest BCUT2D eigenvalue weighted by molar-refractivity contribution is 0.0904. The maximum absolute atomic E-state index is 12.4. The molecule has 110 valence electrons.